The molecule has 1 aliphatic rings. The summed E-state index contributed by atoms with van der Waals surface area (Å²) >= 11 is 1.64. The zero-order valence-corrected chi connectivity index (χ0v) is 12.4. The number of rotatable bonds is 2. The molecular formula is C13H17BN2O2S. The van der Waals surface area contributed by atoms with Gasteiger partial charge >= 0.3 is 7.12 Å². The summed E-state index contributed by atoms with van der Waals surface area (Å²) < 4.78 is 13.2. The molecular weight excluding hydrogens is 259 g/mol. The maximum atomic E-state index is 6.04. The van der Waals surface area contributed by atoms with Crippen LogP contribution in [0.15, 0.2) is 23.8 Å². The molecule has 0 bridgehead atoms. The van der Waals surface area contributed by atoms with Crippen LogP contribution in [0.4, 0.5) is 0 Å². The predicted molar refractivity (Wildman–Crippen MR) is 77.6 cm³/mol. The summed E-state index contributed by atoms with van der Waals surface area (Å²) in [7, 11) is -0.293. The van der Waals surface area contributed by atoms with Gasteiger partial charge in [0.1, 0.15) is 5.82 Å². The normalized spacial score (nSPS) is 20.9. The average molecular weight is 276 g/mol. The monoisotopic (exact) mass is 276 g/mol. The number of imidazole rings is 1. The van der Waals surface area contributed by atoms with E-state index < -0.39 is 0 Å². The Morgan fingerprint density at radius 3 is 2.47 bits per heavy atom. The minimum absolute atomic E-state index is 0.293. The van der Waals surface area contributed by atoms with Crippen molar-refractivity contribution in [2.45, 2.75) is 38.9 Å². The number of hydrogen-bond acceptors (Lipinski definition) is 4. The van der Waals surface area contributed by atoms with Crippen molar-refractivity contribution >= 4 is 23.2 Å². The fourth-order valence-corrected chi connectivity index (χ4v) is 2.83. The number of thiophene rings is 1. The Labute approximate surface area is 117 Å². The second kappa shape index (κ2) is 4.20. The van der Waals surface area contributed by atoms with E-state index in [2.05, 4.69) is 49.1 Å². The van der Waals surface area contributed by atoms with Crippen molar-refractivity contribution in [3.63, 3.8) is 0 Å². The van der Waals surface area contributed by atoms with E-state index in [0.717, 1.165) is 16.2 Å². The molecule has 1 N–H and O–H groups in total. The van der Waals surface area contributed by atoms with Gasteiger partial charge in [0.05, 0.1) is 11.2 Å². The molecule has 100 valence electrons. The number of hydrogen-bond donors (Lipinski definition) is 1. The molecule has 4 nitrogen and oxygen atoms in total. The van der Waals surface area contributed by atoms with Crippen molar-refractivity contribution in [1.82, 2.24) is 9.97 Å². The summed E-state index contributed by atoms with van der Waals surface area (Å²) in [5, 5.41) is 2.07. The highest BCUT2D eigenvalue weighted by Gasteiger charge is 2.52. The third-order valence-electron chi connectivity index (χ3n) is 3.88. The third kappa shape index (κ3) is 2.14. The molecule has 0 radical (unpaired) electrons. The molecule has 0 unspecified atom stereocenters. The highest BCUT2D eigenvalue weighted by atomic mass is 32.1. The second-order valence-electron chi connectivity index (χ2n) is 5.76. The highest BCUT2D eigenvalue weighted by molar-refractivity contribution is 7.21. The Bertz CT molecular complexity index is 561. The molecule has 0 atom stereocenters. The third-order valence-corrected chi connectivity index (χ3v) is 4.83. The summed E-state index contributed by atoms with van der Waals surface area (Å²) in [4.78, 5) is 7.36. The van der Waals surface area contributed by atoms with E-state index in [9.17, 15) is 0 Å². The average Bonchev–Trinajstić information content (AvgIpc) is 3.00. The zero-order chi connectivity index (χ0) is 13.7. The molecule has 2 aromatic rings. The predicted octanol–water partition coefficient (Wildman–Crippen LogP) is 2.44. The first-order valence-corrected chi connectivity index (χ1v) is 7.21. The van der Waals surface area contributed by atoms with E-state index >= 15 is 0 Å². The molecule has 0 aliphatic carbocycles. The van der Waals surface area contributed by atoms with Crippen LogP contribution in [0.5, 0.6) is 0 Å². The van der Waals surface area contributed by atoms with Crippen molar-refractivity contribution in [1.29, 1.82) is 0 Å². The number of H-pyrrole nitrogens is 1. The largest absolute Gasteiger partial charge is 0.505 e. The Morgan fingerprint density at radius 1 is 1.21 bits per heavy atom. The number of nitrogens with zero attached hydrogens (tertiary/aromatic N) is 1. The van der Waals surface area contributed by atoms with Gasteiger partial charge in [-0.1, -0.05) is 0 Å². The van der Waals surface area contributed by atoms with Crippen LogP contribution < -0.4 is 4.78 Å². The molecule has 1 aliphatic heterocycles. The van der Waals surface area contributed by atoms with Gasteiger partial charge in [0.25, 0.3) is 0 Å². The summed E-state index contributed by atoms with van der Waals surface area (Å²) in [5.74, 6) is 0.874. The van der Waals surface area contributed by atoms with Crippen molar-refractivity contribution in [2.75, 3.05) is 0 Å². The quantitative estimate of drug-likeness (QED) is 0.857. The lowest BCUT2D eigenvalue weighted by atomic mass is 9.87. The van der Waals surface area contributed by atoms with Crippen molar-refractivity contribution in [2.24, 2.45) is 0 Å². The minimum atomic E-state index is -0.299. The molecule has 6 heteroatoms. The fraction of sp³-hybridized carbons (Fsp3) is 0.462. The minimum Gasteiger partial charge on any atom is -0.399 e. The van der Waals surface area contributed by atoms with Crippen LogP contribution in [0, 0.1) is 0 Å². The van der Waals surface area contributed by atoms with E-state index in [-0.39, 0.29) is 18.3 Å². The maximum Gasteiger partial charge on any atom is 0.505 e. The summed E-state index contributed by atoms with van der Waals surface area (Å²) in [6, 6.07) is 2.08. The first-order valence-electron chi connectivity index (χ1n) is 6.33. The van der Waals surface area contributed by atoms with Crippen molar-refractivity contribution in [3.8, 4) is 11.4 Å². The van der Waals surface area contributed by atoms with Crippen molar-refractivity contribution < 1.29 is 9.31 Å². The van der Waals surface area contributed by atoms with Gasteiger partial charge in [-0.05, 0) is 33.8 Å². The molecule has 1 saturated heterocycles. The number of aromatic nitrogens is 2. The highest BCUT2D eigenvalue weighted by Crippen LogP contribution is 2.37. The first kappa shape index (κ1) is 12.9. The number of aromatic amines is 1. The van der Waals surface area contributed by atoms with Gasteiger partial charge in [-0.2, -0.15) is 11.3 Å². The molecule has 1 fully saturated rings. The van der Waals surface area contributed by atoms with Crippen LogP contribution in [-0.2, 0) is 9.31 Å². The van der Waals surface area contributed by atoms with Crippen LogP contribution in [-0.4, -0.2) is 28.3 Å². The Morgan fingerprint density at radius 2 is 1.89 bits per heavy atom. The lowest BCUT2D eigenvalue weighted by Gasteiger charge is -2.32. The van der Waals surface area contributed by atoms with Gasteiger partial charge in [-0.3, -0.25) is 0 Å². The van der Waals surface area contributed by atoms with Gasteiger partial charge in [-0.25, -0.2) is 4.98 Å². The summed E-state index contributed by atoms with van der Waals surface area (Å²) in [6.45, 7) is 8.25. The maximum absolute atomic E-state index is 6.04. The summed E-state index contributed by atoms with van der Waals surface area (Å²) in [5.41, 5.74) is 0.471. The van der Waals surface area contributed by atoms with E-state index in [0.29, 0.717) is 0 Å². The topological polar surface area (TPSA) is 47.1 Å². The van der Waals surface area contributed by atoms with E-state index in [1.54, 1.807) is 17.5 Å². The zero-order valence-electron chi connectivity index (χ0n) is 11.6. The van der Waals surface area contributed by atoms with E-state index in [1.165, 1.54) is 0 Å². The molecule has 0 saturated carbocycles. The molecule has 2 aromatic heterocycles. The Hall–Kier alpha value is -1.11. The van der Waals surface area contributed by atoms with Crippen LogP contribution in [0.3, 0.4) is 0 Å². The van der Waals surface area contributed by atoms with Crippen LogP contribution in [0.25, 0.3) is 11.4 Å². The van der Waals surface area contributed by atoms with Gasteiger partial charge in [0.15, 0.2) is 0 Å². The molecule has 0 spiro atoms. The lowest BCUT2D eigenvalue weighted by molar-refractivity contribution is 0.00578. The molecule has 3 rings (SSSR count). The SMILES string of the molecule is CC1(C)OB(c2cc(-c3ncc[nH]3)cs2)OC1(C)C. The van der Waals surface area contributed by atoms with E-state index in [4.69, 9.17) is 9.31 Å². The van der Waals surface area contributed by atoms with Gasteiger partial charge in [0, 0.05) is 28.1 Å². The van der Waals surface area contributed by atoms with Gasteiger partial charge in [0.2, 0.25) is 0 Å². The fourth-order valence-electron chi connectivity index (χ4n) is 1.98. The van der Waals surface area contributed by atoms with Gasteiger partial charge in [-0.15, -0.1) is 0 Å². The van der Waals surface area contributed by atoms with Crippen LogP contribution >= 0.6 is 11.3 Å². The van der Waals surface area contributed by atoms with Gasteiger partial charge < -0.3 is 14.3 Å². The summed E-state index contributed by atoms with van der Waals surface area (Å²) in [6.07, 6.45) is 3.57. The molecule has 19 heavy (non-hydrogen) atoms. The van der Waals surface area contributed by atoms with Crippen molar-refractivity contribution in [3.05, 3.63) is 23.8 Å². The second-order valence-corrected chi connectivity index (χ2v) is 6.71. The Kier molecular flexibility index (Phi) is 2.85. The molecule has 3 heterocycles. The smallest absolute Gasteiger partial charge is 0.399 e. The molecule has 0 aromatic carbocycles. The first-order chi connectivity index (χ1) is 8.89. The van der Waals surface area contributed by atoms with E-state index in [1.807, 2.05) is 6.20 Å². The molecule has 0 amide bonds. The number of nitrogens with one attached hydrogen (secondary N) is 1. The van der Waals surface area contributed by atoms with Crippen LogP contribution in [0.1, 0.15) is 27.7 Å². The Balaban J connectivity index is 1.85. The van der Waals surface area contributed by atoms with Crippen LogP contribution in [0.2, 0.25) is 0 Å². The lowest BCUT2D eigenvalue weighted by Crippen LogP contribution is -2.41. The standard InChI is InChI=1S/C13H17BN2O2S/c1-12(2)13(3,4)18-14(17-12)10-7-9(8-19-10)11-15-5-6-16-11/h5-8H,1-4H3,(H,15,16).